The molecule has 1 aromatic heterocycles. The van der Waals surface area contributed by atoms with Gasteiger partial charge in [0.1, 0.15) is 10.7 Å². The molecule has 0 saturated carbocycles. The number of amides is 1. The summed E-state index contributed by atoms with van der Waals surface area (Å²) in [6, 6.07) is 15.7. The molecular formula is C19H13ClN2O3S. The van der Waals surface area contributed by atoms with Gasteiger partial charge in [-0.25, -0.2) is 9.78 Å². The van der Waals surface area contributed by atoms with Gasteiger partial charge in [0.2, 0.25) is 0 Å². The molecule has 0 fully saturated rings. The highest BCUT2D eigenvalue weighted by Crippen LogP contribution is 2.32. The van der Waals surface area contributed by atoms with Crippen molar-refractivity contribution in [3.63, 3.8) is 0 Å². The maximum absolute atomic E-state index is 12.2. The summed E-state index contributed by atoms with van der Waals surface area (Å²) in [5.41, 5.74) is 0.936. The molecule has 0 aliphatic carbocycles. The van der Waals surface area contributed by atoms with Crippen molar-refractivity contribution in [2.45, 2.75) is 0 Å². The fraction of sp³-hybridized carbons (Fsp3) is 0. The van der Waals surface area contributed by atoms with E-state index in [9.17, 15) is 14.7 Å². The Morgan fingerprint density at radius 2 is 1.77 bits per heavy atom. The van der Waals surface area contributed by atoms with Gasteiger partial charge in [0.15, 0.2) is 0 Å². The number of carbonyl (C=O) groups excluding carboxylic acids is 1. The molecule has 0 aliphatic heterocycles. The van der Waals surface area contributed by atoms with E-state index in [1.54, 1.807) is 42.6 Å². The van der Waals surface area contributed by atoms with Gasteiger partial charge in [-0.2, -0.15) is 0 Å². The molecule has 5 nitrogen and oxygen atoms in total. The molecule has 0 unspecified atom stereocenters. The summed E-state index contributed by atoms with van der Waals surface area (Å²) in [6.07, 6.45) is 2.95. The number of aromatic nitrogens is 1. The minimum Gasteiger partial charge on any atom is -0.477 e. The lowest BCUT2D eigenvalue weighted by molar-refractivity contribution is -0.132. The maximum atomic E-state index is 12.2. The number of hydrogen-bond acceptors (Lipinski definition) is 4. The van der Waals surface area contributed by atoms with Crippen molar-refractivity contribution in [3.05, 3.63) is 82.1 Å². The first-order valence-electron chi connectivity index (χ1n) is 7.56. The number of aliphatic carboxylic acids is 1. The number of benzene rings is 2. The van der Waals surface area contributed by atoms with Crippen molar-refractivity contribution in [2.24, 2.45) is 0 Å². The van der Waals surface area contributed by atoms with Crippen LogP contribution in [0.4, 0.5) is 0 Å². The third-order valence-electron chi connectivity index (χ3n) is 3.45. The van der Waals surface area contributed by atoms with E-state index in [0.717, 1.165) is 10.4 Å². The standard InChI is InChI=1S/C19H13ClN2O3S/c20-14-9-5-4-8-13(14)16-11-21-17(26-16)10-15(19(24)25)22-18(23)12-6-2-1-3-7-12/h1-11H,(H,22,23)(H,24,25)/b15-10+. The Bertz CT molecular complexity index is 983. The Morgan fingerprint density at radius 3 is 2.46 bits per heavy atom. The van der Waals surface area contributed by atoms with Crippen molar-refractivity contribution in [3.8, 4) is 10.4 Å². The zero-order valence-corrected chi connectivity index (χ0v) is 14.9. The number of carboxylic acids is 1. The topological polar surface area (TPSA) is 79.3 Å². The zero-order valence-electron chi connectivity index (χ0n) is 13.3. The van der Waals surface area contributed by atoms with Crippen LogP contribution in [0.3, 0.4) is 0 Å². The van der Waals surface area contributed by atoms with Crippen molar-refractivity contribution in [1.29, 1.82) is 0 Å². The highest BCUT2D eigenvalue weighted by atomic mass is 35.5. The minimum absolute atomic E-state index is 0.251. The number of thiazole rings is 1. The number of nitrogens with zero attached hydrogens (tertiary/aromatic N) is 1. The Hall–Kier alpha value is -2.96. The van der Waals surface area contributed by atoms with E-state index in [1.165, 1.54) is 17.4 Å². The number of nitrogens with one attached hydrogen (secondary N) is 1. The number of rotatable bonds is 5. The fourth-order valence-electron chi connectivity index (χ4n) is 2.20. The molecule has 0 spiro atoms. The highest BCUT2D eigenvalue weighted by molar-refractivity contribution is 7.16. The summed E-state index contributed by atoms with van der Waals surface area (Å²) in [7, 11) is 0. The van der Waals surface area contributed by atoms with E-state index >= 15 is 0 Å². The van der Waals surface area contributed by atoms with E-state index < -0.39 is 11.9 Å². The van der Waals surface area contributed by atoms with Gasteiger partial charge >= 0.3 is 5.97 Å². The van der Waals surface area contributed by atoms with Crippen LogP contribution in [0.15, 0.2) is 66.5 Å². The van der Waals surface area contributed by atoms with E-state index in [-0.39, 0.29) is 5.70 Å². The highest BCUT2D eigenvalue weighted by Gasteiger charge is 2.15. The molecule has 3 aromatic rings. The van der Waals surface area contributed by atoms with Gasteiger partial charge < -0.3 is 10.4 Å². The van der Waals surface area contributed by atoms with E-state index in [1.807, 2.05) is 18.2 Å². The van der Waals surface area contributed by atoms with Crippen LogP contribution in [0.1, 0.15) is 15.4 Å². The molecule has 7 heteroatoms. The second kappa shape index (κ2) is 7.95. The largest absolute Gasteiger partial charge is 0.477 e. The zero-order chi connectivity index (χ0) is 18.5. The van der Waals surface area contributed by atoms with E-state index in [2.05, 4.69) is 10.3 Å². The summed E-state index contributed by atoms with van der Waals surface area (Å²) >= 11 is 7.46. The van der Waals surface area contributed by atoms with Gasteiger partial charge in [0.05, 0.1) is 4.88 Å². The Labute approximate surface area is 158 Å². The smallest absolute Gasteiger partial charge is 0.352 e. The average Bonchev–Trinajstić information content (AvgIpc) is 3.10. The third-order valence-corrected chi connectivity index (χ3v) is 4.75. The summed E-state index contributed by atoms with van der Waals surface area (Å²) in [6.45, 7) is 0. The number of halogens is 1. The lowest BCUT2D eigenvalue weighted by atomic mass is 10.2. The van der Waals surface area contributed by atoms with Crippen molar-refractivity contribution < 1.29 is 14.7 Å². The number of carbonyl (C=O) groups is 2. The fourth-order valence-corrected chi connectivity index (χ4v) is 3.39. The molecule has 1 heterocycles. The first-order valence-corrected chi connectivity index (χ1v) is 8.76. The monoisotopic (exact) mass is 384 g/mol. The van der Waals surface area contributed by atoms with Crippen LogP contribution in [0.2, 0.25) is 5.02 Å². The molecule has 3 rings (SSSR count). The molecule has 0 bridgehead atoms. The molecule has 2 aromatic carbocycles. The van der Waals surface area contributed by atoms with Crippen LogP contribution < -0.4 is 5.32 Å². The molecule has 26 heavy (non-hydrogen) atoms. The van der Waals surface area contributed by atoms with Crippen molar-refractivity contribution in [2.75, 3.05) is 0 Å². The summed E-state index contributed by atoms with van der Waals surface area (Å²) in [4.78, 5) is 28.7. The molecule has 2 N–H and O–H groups in total. The van der Waals surface area contributed by atoms with Crippen LogP contribution in [-0.2, 0) is 4.79 Å². The van der Waals surface area contributed by atoms with Crippen LogP contribution >= 0.6 is 22.9 Å². The number of hydrogen-bond donors (Lipinski definition) is 2. The second-order valence-corrected chi connectivity index (χ2v) is 6.70. The first kappa shape index (κ1) is 17.8. The molecule has 0 radical (unpaired) electrons. The molecule has 0 aliphatic rings. The lowest BCUT2D eigenvalue weighted by Gasteiger charge is -2.05. The van der Waals surface area contributed by atoms with Gasteiger partial charge in [-0.3, -0.25) is 4.79 Å². The van der Waals surface area contributed by atoms with Crippen molar-refractivity contribution >= 4 is 40.9 Å². The van der Waals surface area contributed by atoms with E-state index in [0.29, 0.717) is 15.6 Å². The molecule has 1 amide bonds. The average molecular weight is 385 g/mol. The van der Waals surface area contributed by atoms with Crippen LogP contribution in [0, 0.1) is 0 Å². The molecule has 0 atom stereocenters. The lowest BCUT2D eigenvalue weighted by Crippen LogP contribution is -2.27. The number of carboxylic acid groups (broad SMARTS) is 1. The normalized spacial score (nSPS) is 11.2. The molecule has 0 saturated heterocycles. The van der Waals surface area contributed by atoms with Crippen LogP contribution in [0.25, 0.3) is 16.5 Å². The van der Waals surface area contributed by atoms with Gasteiger partial charge in [0, 0.05) is 28.4 Å². The Morgan fingerprint density at radius 1 is 1.08 bits per heavy atom. The Balaban J connectivity index is 1.85. The maximum Gasteiger partial charge on any atom is 0.352 e. The SMILES string of the molecule is O=C(O)/C(=C\c1ncc(-c2ccccc2Cl)s1)NC(=O)c1ccccc1. The summed E-state index contributed by atoms with van der Waals surface area (Å²) in [5.74, 6) is -1.74. The van der Waals surface area contributed by atoms with Gasteiger partial charge in [-0.15, -0.1) is 11.3 Å². The quantitative estimate of drug-likeness (QED) is 0.642. The van der Waals surface area contributed by atoms with Gasteiger partial charge in [-0.1, -0.05) is 48.0 Å². The first-order chi connectivity index (χ1) is 12.5. The predicted molar refractivity (Wildman–Crippen MR) is 102 cm³/mol. The second-order valence-electron chi connectivity index (χ2n) is 5.23. The summed E-state index contributed by atoms with van der Waals surface area (Å²) in [5, 5.41) is 12.8. The van der Waals surface area contributed by atoms with Gasteiger partial charge in [-0.05, 0) is 18.2 Å². The minimum atomic E-state index is -1.25. The van der Waals surface area contributed by atoms with Gasteiger partial charge in [0.25, 0.3) is 5.91 Å². The Kier molecular flexibility index (Phi) is 5.46. The molecular weight excluding hydrogens is 372 g/mol. The predicted octanol–water partition coefficient (Wildman–Crippen LogP) is 4.32. The van der Waals surface area contributed by atoms with Crippen LogP contribution in [0.5, 0.6) is 0 Å². The third kappa shape index (κ3) is 4.17. The van der Waals surface area contributed by atoms with E-state index in [4.69, 9.17) is 11.6 Å². The van der Waals surface area contributed by atoms with Crippen molar-refractivity contribution in [1.82, 2.24) is 10.3 Å². The summed E-state index contributed by atoms with van der Waals surface area (Å²) < 4.78 is 0. The van der Waals surface area contributed by atoms with Crippen LogP contribution in [-0.4, -0.2) is 22.0 Å². The molecule has 130 valence electrons.